The van der Waals surface area contributed by atoms with Crippen molar-refractivity contribution in [1.82, 2.24) is 5.32 Å². The zero-order valence-electron chi connectivity index (χ0n) is 9.23. The first-order valence-electron chi connectivity index (χ1n) is 5.22. The number of benzene rings is 2. The lowest BCUT2D eigenvalue weighted by molar-refractivity contribution is 0.415. The molecule has 84 valence electrons. The third kappa shape index (κ3) is 2.49. The van der Waals surface area contributed by atoms with Crippen molar-refractivity contribution in [3.63, 3.8) is 0 Å². The zero-order valence-corrected chi connectivity index (χ0v) is 10.1. The number of hydrogen-bond acceptors (Lipinski definition) is 3. The first kappa shape index (κ1) is 11.3. The highest BCUT2D eigenvalue weighted by atomic mass is 32.1. The lowest BCUT2D eigenvalue weighted by Gasteiger charge is -2.05. The van der Waals surface area contributed by atoms with E-state index in [4.69, 9.17) is 4.74 Å². The summed E-state index contributed by atoms with van der Waals surface area (Å²) in [5.41, 5.74) is 1.27. The molecule has 0 aliphatic heterocycles. The highest BCUT2D eigenvalue weighted by molar-refractivity contribution is 7.80. The molecule has 0 saturated carbocycles. The predicted octanol–water partition coefficient (Wildman–Crippen LogP) is 2.83. The van der Waals surface area contributed by atoms with Gasteiger partial charge in [-0.3, -0.25) is 0 Å². The SMILES string of the molecule is COc1ccc2cc(CNCS)ccc2c1. The Labute approximate surface area is 101 Å². The van der Waals surface area contributed by atoms with Crippen molar-refractivity contribution < 1.29 is 4.74 Å². The Kier molecular flexibility index (Phi) is 3.70. The number of rotatable bonds is 4. The van der Waals surface area contributed by atoms with Crippen molar-refractivity contribution in [2.24, 2.45) is 0 Å². The van der Waals surface area contributed by atoms with Crippen LogP contribution in [0.25, 0.3) is 10.8 Å². The molecule has 0 spiro atoms. The van der Waals surface area contributed by atoms with E-state index in [1.165, 1.54) is 16.3 Å². The van der Waals surface area contributed by atoms with Gasteiger partial charge in [0.15, 0.2) is 0 Å². The Morgan fingerprint density at radius 1 is 1.12 bits per heavy atom. The molecule has 2 aromatic rings. The Hall–Kier alpha value is -1.19. The Morgan fingerprint density at radius 3 is 2.62 bits per heavy atom. The van der Waals surface area contributed by atoms with Crippen LogP contribution in [0, 0.1) is 0 Å². The monoisotopic (exact) mass is 233 g/mol. The first-order chi connectivity index (χ1) is 7.83. The van der Waals surface area contributed by atoms with Gasteiger partial charge in [0.2, 0.25) is 0 Å². The van der Waals surface area contributed by atoms with E-state index in [0.29, 0.717) is 5.88 Å². The van der Waals surface area contributed by atoms with Crippen LogP contribution in [0.3, 0.4) is 0 Å². The summed E-state index contributed by atoms with van der Waals surface area (Å²) >= 11 is 4.12. The van der Waals surface area contributed by atoms with Crippen LogP contribution >= 0.6 is 12.6 Å². The fourth-order valence-electron chi connectivity index (χ4n) is 1.71. The van der Waals surface area contributed by atoms with Crippen molar-refractivity contribution in [2.45, 2.75) is 6.54 Å². The smallest absolute Gasteiger partial charge is 0.119 e. The normalized spacial score (nSPS) is 10.6. The van der Waals surface area contributed by atoms with Crippen LogP contribution in [0.15, 0.2) is 36.4 Å². The van der Waals surface area contributed by atoms with Gasteiger partial charge in [0.05, 0.1) is 7.11 Å². The standard InChI is InChI=1S/C13H15NOS/c1-15-13-5-4-11-6-10(8-14-9-16)2-3-12(11)7-13/h2-7,14,16H,8-9H2,1H3. The Balaban J connectivity index is 2.32. The molecule has 0 aliphatic carbocycles. The third-order valence-electron chi connectivity index (χ3n) is 2.55. The van der Waals surface area contributed by atoms with Crippen LogP contribution in [0.4, 0.5) is 0 Å². The molecule has 0 saturated heterocycles. The molecule has 0 bridgehead atoms. The largest absolute Gasteiger partial charge is 0.497 e. The number of ether oxygens (including phenoxy) is 1. The summed E-state index contributed by atoms with van der Waals surface area (Å²) in [7, 11) is 1.69. The molecule has 16 heavy (non-hydrogen) atoms. The van der Waals surface area contributed by atoms with Gasteiger partial charge < -0.3 is 10.1 Å². The van der Waals surface area contributed by atoms with Gasteiger partial charge >= 0.3 is 0 Å². The predicted molar refractivity (Wildman–Crippen MR) is 71.2 cm³/mol. The fourth-order valence-corrected chi connectivity index (χ4v) is 1.82. The minimum atomic E-state index is 0.695. The maximum Gasteiger partial charge on any atom is 0.119 e. The summed E-state index contributed by atoms with van der Waals surface area (Å²) in [6.45, 7) is 0.853. The van der Waals surface area contributed by atoms with Gasteiger partial charge in [-0.25, -0.2) is 0 Å². The quantitative estimate of drug-likeness (QED) is 0.626. The maximum absolute atomic E-state index is 5.19. The minimum absolute atomic E-state index is 0.695. The number of thiol groups is 1. The molecule has 2 rings (SSSR count). The molecular formula is C13H15NOS. The summed E-state index contributed by atoms with van der Waals surface area (Å²) in [6, 6.07) is 12.5. The van der Waals surface area contributed by atoms with Crippen molar-refractivity contribution in [3.05, 3.63) is 42.0 Å². The van der Waals surface area contributed by atoms with Crippen molar-refractivity contribution in [1.29, 1.82) is 0 Å². The van der Waals surface area contributed by atoms with Crippen LogP contribution in [-0.2, 0) is 6.54 Å². The van der Waals surface area contributed by atoms with E-state index in [2.05, 4.69) is 42.2 Å². The van der Waals surface area contributed by atoms with Gasteiger partial charge in [-0.2, -0.15) is 12.6 Å². The highest BCUT2D eigenvalue weighted by Crippen LogP contribution is 2.21. The molecule has 0 atom stereocenters. The molecule has 1 N–H and O–H groups in total. The van der Waals surface area contributed by atoms with Gasteiger partial charge in [-0.15, -0.1) is 0 Å². The Morgan fingerprint density at radius 2 is 1.88 bits per heavy atom. The molecule has 0 aliphatic rings. The molecule has 2 nitrogen and oxygen atoms in total. The fraction of sp³-hybridized carbons (Fsp3) is 0.231. The number of hydrogen-bond donors (Lipinski definition) is 2. The second-order valence-electron chi connectivity index (χ2n) is 3.63. The van der Waals surface area contributed by atoms with Crippen LogP contribution in [-0.4, -0.2) is 13.0 Å². The van der Waals surface area contributed by atoms with E-state index in [1.54, 1.807) is 7.11 Å². The van der Waals surface area contributed by atoms with E-state index in [1.807, 2.05) is 12.1 Å². The second kappa shape index (κ2) is 5.23. The van der Waals surface area contributed by atoms with Gasteiger partial charge in [0.1, 0.15) is 5.75 Å². The minimum Gasteiger partial charge on any atom is -0.497 e. The van der Waals surface area contributed by atoms with Crippen LogP contribution in [0.2, 0.25) is 0 Å². The lowest BCUT2D eigenvalue weighted by atomic mass is 10.1. The van der Waals surface area contributed by atoms with Crippen molar-refractivity contribution in [3.8, 4) is 5.75 Å². The average Bonchev–Trinajstić information content (AvgIpc) is 2.35. The topological polar surface area (TPSA) is 21.3 Å². The van der Waals surface area contributed by atoms with Crippen molar-refractivity contribution >= 4 is 23.4 Å². The molecule has 0 unspecified atom stereocenters. The molecule has 0 amide bonds. The number of nitrogens with one attached hydrogen (secondary N) is 1. The van der Waals surface area contributed by atoms with Gasteiger partial charge in [0.25, 0.3) is 0 Å². The first-order valence-corrected chi connectivity index (χ1v) is 5.85. The molecule has 0 fully saturated rings. The molecular weight excluding hydrogens is 218 g/mol. The van der Waals surface area contributed by atoms with Crippen LogP contribution in [0.5, 0.6) is 5.75 Å². The molecule has 0 aromatic heterocycles. The number of methoxy groups -OCH3 is 1. The molecule has 3 heteroatoms. The van der Waals surface area contributed by atoms with Gasteiger partial charge in [-0.05, 0) is 34.5 Å². The average molecular weight is 233 g/mol. The van der Waals surface area contributed by atoms with E-state index in [9.17, 15) is 0 Å². The van der Waals surface area contributed by atoms with Gasteiger partial charge in [0, 0.05) is 12.4 Å². The van der Waals surface area contributed by atoms with Gasteiger partial charge in [-0.1, -0.05) is 18.2 Å². The van der Waals surface area contributed by atoms with E-state index in [0.717, 1.165) is 12.3 Å². The van der Waals surface area contributed by atoms with E-state index in [-0.39, 0.29) is 0 Å². The summed E-state index contributed by atoms with van der Waals surface area (Å²) in [5.74, 6) is 1.59. The number of fused-ring (bicyclic) bond motifs is 1. The highest BCUT2D eigenvalue weighted by Gasteiger charge is 1.98. The zero-order chi connectivity index (χ0) is 11.4. The molecule has 0 heterocycles. The van der Waals surface area contributed by atoms with Crippen LogP contribution in [0.1, 0.15) is 5.56 Å². The van der Waals surface area contributed by atoms with E-state index >= 15 is 0 Å². The van der Waals surface area contributed by atoms with Crippen molar-refractivity contribution in [2.75, 3.05) is 13.0 Å². The Bertz CT molecular complexity index is 484. The summed E-state index contributed by atoms with van der Waals surface area (Å²) < 4.78 is 5.19. The summed E-state index contributed by atoms with van der Waals surface area (Å²) in [4.78, 5) is 0. The summed E-state index contributed by atoms with van der Waals surface area (Å²) in [5, 5.41) is 5.63. The molecule has 2 aromatic carbocycles. The second-order valence-corrected chi connectivity index (χ2v) is 3.95. The van der Waals surface area contributed by atoms with Crippen LogP contribution < -0.4 is 10.1 Å². The maximum atomic E-state index is 5.19. The third-order valence-corrected chi connectivity index (χ3v) is 2.78. The lowest BCUT2D eigenvalue weighted by Crippen LogP contribution is -2.09. The summed E-state index contributed by atoms with van der Waals surface area (Å²) in [6.07, 6.45) is 0. The van der Waals surface area contributed by atoms with E-state index < -0.39 is 0 Å². The molecule has 0 radical (unpaired) electrons.